The van der Waals surface area contributed by atoms with E-state index in [1.54, 1.807) is 12.3 Å². The van der Waals surface area contributed by atoms with Gasteiger partial charge in [-0.15, -0.1) is 0 Å². The van der Waals surface area contributed by atoms with Crippen LogP contribution in [0.15, 0.2) is 65.6 Å². The number of hydrogen-bond donors (Lipinski definition) is 2. The summed E-state index contributed by atoms with van der Waals surface area (Å²) in [6.45, 7) is 3.67. The molecule has 9 heteroatoms. The second-order valence-corrected chi connectivity index (χ2v) is 9.52. The van der Waals surface area contributed by atoms with Gasteiger partial charge in [0.15, 0.2) is 5.75 Å². The van der Waals surface area contributed by atoms with E-state index < -0.39 is 0 Å². The monoisotopic (exact) mass is 510 g/mol. The summed E-state index contributed by atoms with van der Waals surface area (Å²) in [6.07, 6.45) is 2.52. The van der Waals surface area contributed by atoms with Crippen LogP contribution in [0.25, 0.3) is 11.3 Å². The Bertz CT molecular complexity index is 1580. The van der Waals surface area contributed by atoms with E-state index in [4.69, 9.17) is 18.9 Å². The lowest BCUT2D eigenvalue weighted by Gasteiger charge is -2.29. The first-order valence-electron chi connectivity index (χ1n) is 12.7. The summed E-state index contributed by atoms with van der Waals surface area (Å²) >= 11 is 0. The van der Waals surface area contributed by atoms with Crippen molar-refractivity contribution < 1.29 is 18.9 Å². The number of benzene rings is 2. The molecule has 192 valence electrons. The third-order valence-corrected chi connectivity index (χ3v) is 7.03. The van der Waals surface area contributed by atoms with Gasteiger partial charge in [-0.3, -0.25) is 4.79 Å². The highest BCUT2D eigenvalue weighted by atomic mass is 16.7. The van der Waals surface area contributed by atoms with Crippen molar-refractivity contribution in [3.63, 3.8) is 0 Å². The Hall–Kier alpha value is -4.50. The number of morpholine rings is 1. The molecule has 0 unspecified atom stereocenters. The Morgan fingerprint density at radius 2 is 1.89 bits per heavy atom. The number of aromatic nitrogens is 2. The normalized spacial score (nSPS) is 15.4. The quantitative estimate of drug-likeness (QED) is 0.361. The summed E-state index contributed by atoms with van der Waals surface area (Å²) in [4.78, 5) is 22.1. The van der Waals surface area contributed by atoms with Gasteiger partial charge in [-0.25, -0.2) is 4.98 Å². The first-order chi connectivity index (χ1) is 18.7. The summed E-state index contributed by atoms with van der Waals surface area (Å²) in [5, 5.41) is 3.46. The zero-order valence-corrected chi connectivity index (χ0v) is 20.7. The molecule has 0 radical (unpaired) electrons. The third-order valence-electron chi connectivity index (χ3n) is 7.03. The third kappa shape index (κ3) is 4.31. The van der Waals surface area contributed by atoms with E-state index >= 15 is 0 Å². The number of aromatic amines is 1. The zero-order chi connectivity index (χ0) is 25.5. The fourth-order valence-electron chi connectivity index (χ4n) is 5.11. The van der Waals surface area contributed by atoms with Crippen LogP contribution in [0.4, 0.5) is 11.4 Å². The van der Waals surface area contributed by atoms with Crippen LogP contribution in [0.3, 0.4) is 0 Å². The van der Waals surface area contributed by atoms with Crippen LogP contribution in [0.5, 0.6) is 23.1 Å². The number of rotatable bonds is 5. The minimum Gasteiger partial charge on any atom is -0.456 e. The van der Waals surface area contributed by atoms with Gasteiger partial charge in [0.25, 0.3) is 5.88 Å². The standard InChI is InChI=1S/C29H26N4O5/c34-27-14-22(33-6-8-35-9-7-33)13-24(32-27)23-3-1-2-19-11-20-12-21(4-5-25(20)38-28(19)23)30-15-18-10-26-29(31-16-18)37-17-36-26/h1-5,10,12-14,16,30H,6-9,11,15,17H2,(H,32,34). The maximum Gasteiger partial charge on any atom is 0.260 e. The predicted octanol–water partition coefficient (Wildman–Crippen LogP) is 4.31. The largest absolute Gasteiger partial charge is 0.456 e. The molecule has 1 saturated heterocycles. The van der Waals surface area contributed by atoms with Gasteiger partial charge in [-0.2, -0.15) is 0 Å². The van der Waals surface area contributed by atoms with E-state index in [0.717, 1.165) is 70.3 Å². The van der Waals surface area contributed by atoms with E-state index in [2.05, 4.69) is 32.3 Å². The van der Waals surface area contributed by atoms with Crippen LogP contribution in [0.2, 0.25) is 0 Å². The molecule has 0 saturated carbocycles. The van der Waals surface area contributed by atoms with Gasteiger partial charge >= 0.3 is 0 Å². The van der Waals surface area contributed by atoms with Crippen molar-refractivity contribution in [3.8, 4) is 34.4 Å². The summed E-state index contributed by atoms with van der Waals surface area (Å²) in [5.74, 6) is 2.80. The molecule has 4 aromatic rings. The van der Waals surface area contributed by atoms with Crippen molar-refractivity contribution >= 4 is 11.4 Å². The van der Waals surface area contributed by atoms with Crippen molar-refractivity contribution in [3.05, 3.63) is 87.8 Å². The Balaban J connectivity index is 1.13. The van der Waals surface area contributed by atoms with Crippen LogP contribution < -0.4 is 30.0 Å². The van der Waals surface area contributed by atoms with Gasteiger partial charge in [0.2, 0.25) is 12.4 Å². The molecule has 3 aliphatic rings. The Morgan fingerprint density at radius 3 is 2.82 bits per heavy atom. The second kappa shape index (κ2) is 9.42. The minimum atomic E-state index is -0.133. The molecule has 5 heterocycles. The van der Waals surface area contributed by atoms with Crippen molar-refractivity contribution in [1.82, 2.24) is 9.97 Å². The molecule has 0 aliphatic carbocycles. The maximum atomic E-state index is 12.6. The van der Waals surface area contributed by atoms with Crippen molar-refractivity contribution in [2.75, 3.05) is 43.3 Å². The molecule has 0 bridgehead atoms. The molecule has 38 heavy (non-hydrogen) atoms. The van der Waals surface area contributed by atoms with E-state index in [0.29, 0.717) is 31.4 Å². The van der Waals surface area contributed by atoms with E-state index in [1.807, 2.05) is 36.4 Å². The fraction of sp³-hybridized carbons (Fsp3) is 0.241. The van der Waals surface area contributed by atoms with Crippen molar-refractivity contribution in [2.45, 2.75) is 13.0 Å². The fourth-order valence-corrected chi connectivity index (χ4v) is 5.11. The van der Waals surface area contributed by atoms with Crippen LogP contribution in [-0.4, -0.2) is 43.1 Å². The Morgan fingerprint density at radius 1 is 0.974 bits per heavy atom. The number of para-hydroxylation sites is 1. The van der Waals surface area contributed by atoms with Crippen LogP contribution in [0.1, 0.15) is 16.7 Å². The number of fused-ring (bicyclic) bond motifs is 3. The molecule has 0 amide bonds. The number of nitrogens with one attached hydrogen (secondary N) is 2. The van der Waals surface area contributed by atoms with E-state index in [1.165, 1.54) is 0 Å². The van der Waals surface area contributed by atoms with Gasteiger partial charge in [-0.1, -0.05) is 12.1 Å². The molecular weight excluding hydrogens is 484 g/mol. The molecule has 9 nitrogen and oxygen atoms in total. The van der Waals surface area contributed by atoms with Gasteiger partial charge in [-0.05, 0) is 47.5 Å². The lowest BCUT2D eigenvalue weighted by molar-refractivity contribution is 0.122. The van der Waals surface area contributed by atoms with Crippen LogP contribution in [-0.2, 0) is 17.7 Å². The van der Waals surface area contributed by atoms with Crippen molar-refractivity contribution in [2.24, 2.45) is 0 Å². The molecule has 3 aliphatic heterocycles. The average Bonchev–Trinajstić information content (AvgIpc) is 3.43. The number of ether oxygens (including phenoxy) is 4. The average molecular weight is 511 g/mol. The van der Waals surface area contributed by atoms with Gasteiger partial charge in [0, 0.05) is 60.8 Å². The first kappa shape index (κ1) is 22.7. The van der Waals surface area contributed by atoms with Gasteiger partial charge in [0.1, 0.15) is 11.5 Å². The number of anilines is 2. The molecular formula is C29H26N4O5. The number of nitrogens with zero attached hydrogens (tertiary/aromatic N) is 2. The number of hydrogen-bond acceptors (Lipinski definition) is 8. The molecule has 2 N–H and O–H groups in total. The minimum absolute atomic E-state index is 0.133. The van der Waals surface area contributed by atoms with Gasteiger partial charge < -0.3 is 34.1 Å². The maximum absolute atomic E-state index is 12.6. The summed E-state index contributed by atoms with van der Waals surface area (Å²) in [6, 6.07) is 17.8. The molecule has 0 spiro atoms. The Labute approximate surface area is 219 Å². The Kier molecular flexibility index (Phi) is 5.62. The SMILES string of the molecule is O=c1cc(N2CCOCC2)cc(-c2cccc3c2Oc2ccc(NCc4cnc5c(c4)OCO5)cc2C3)[nH]1. The van der Waals surface area contributed by atoms with Crippen molar-refractivity contribution in [1.29, 1.82) is 0 Å². The smallest absolute Gasteiger partial charge is 0.260 e. The summed E-state index contributed by atoms with van der Waals surface area (Å²) < 4.78 is 22.6. The first-order valence-corrected chi connectivity index (χ1v) is 12.7. The highest BCUT2D eigenvalue weighted by Gasteiger charge is 2.22. The van der Waals surface area contributed by atoms with Gasteiger partial charge in [0.05, 0.1) is 18.9 Å². The highest BCUT2D eigenvalue weighted by Crippen LogP contribution is 2.43. The van der Waals surface area contributed by atoms with Crippen LogP contribution in [0, 0.1) is 0 Å². The van der Waals surface area contributed by atoms with E-state index in [9.17, 15) is 4.79 Å². The lowest BCUT2D eigenvalue weighted by Crippen LogP contribution is -2.36. The molecule has 2 aromatic carbocycles. The van der Waals surface area contributed by atoms with Crippen LogP contribution >= 0.6 is 0 Å². The molecule has 2 aromatic heterocycles. The predicted molar refractivity (Wildman–Crippen MR) is 143 cm³/mol. The summed E-state index contributed by atoms with van der Waals surface area (Å²) in [7, 11) is 0. The lowest BCUT2D eigenvalue weighted by atomic mass is 9.96. The molecule has 7 rings (SSSR count). The molecule has 1 fully saturated rings. The topological polar surface area (TPSA) is 97.9 Å². The molecule has 0 atom stereocenters. The number of pyridine rings is 2. The zero-order valence-electron chi connectivity index (χ0n) is 20.7. The number of H-pyrrole nitrogens is 1. The summed E-state index contributed by atoms with van der Waals surface area (Å²) in [5.41, 5.74) is 6.55. The van der Waals surface area contributed by atoms with E-state index in [-0.39, 0.29) is 12.4 Å². The second-order valence-electron chi connectivity index (χ2n) is 9.52. The highest BCUT2D eigenvalue weighted by molar-refractivity contribution is 5.74.